The van der Waals surface area contributed by atoms with E-state index in [-0.39, 0.29) is 4.83 Å². The van der Waals surface area contributed by atoms with Gasteiger partial charge < -0.3 is 4.74 Å². The minimum Gasteiger partial charge on any atom is -0.494 e. The average molecular weight is 340 g/mol. The fourth-order valence-corrected chi connectivity index (χ4v) is 2.82. The van der Waals surface area contributed by atoms with Gasteiger partial charge in [-0.2, -0.15) is 0 Å². The van der Waals surface area contributed by atoms with Crippen molar-refractivity contribution in [2.24, 2.45) is 0 Å². The number of alkyl halides is 1. The molecule has 0 saturated heterocycles. The van der Waals surface area contributed by atoms with E-state index in [1.54, 1.807) is 0 Å². The summed E-state index contributed by atoms with van der Waals surface area (Å²) in [5, 5.41) is 0.781. The highest BCUT2D eigenvalue weighted by atomic mass is 79.9. The summed E-state index contributed by atoms with van der Waals surface area (Å²) in [6.07, 6.45) is 0.911. The lowest BCUT2D eigenvalue weighted by atomic mass is 10.0. The van der Waals surface area contributed by atoms with Crippen molar-refractivity contribution in [1.82, 2.24) is 0 Å². The van der Waals surface area contributed by atoms with Crippen LogP contribution in [0.5, 0.6) is 5.75 Å². The summed E-state index contributed by atoms with van der Waals surface area (Å²) in [5.41, 5.74) is 2.46. The van der Waals surface area contributed by atoms with Gasteiger partial charge in [-0.3, -0.25) is 0 Å². The quantitative estimate of drug-likeness (QED) is 0.661. The summed E-state index contributed by atoms with van der Waals surface area (Å²) >= 11 is 9.72. The fraction of sp³-hybridized carbons (Fsp3) is 0.250. The van der Waals surface area contributed by atoms with Gasteiger partial charge in [0.15, 0.2) is 0 Å². The maximum absolute atomic E-state index is 6.00. The van der Waals surface area contributed by atoms with Crippen molar-refractivity contribution in [3.05, 3.63) is 64.7 Å². The van der Waals surface area contributed by atoms with Crippen LogP contribution in [0.2, 0.25) is 5.02 Å². The molecule has 0 saturated carbocycles. The van der Waals surface area contributed by atoms with Crippen LogP contribution in [0.3, 0.4) is 0 Å². The van der Waals surface area contributed by atoms with Gasteiger partial charge in [0, 0.05) is 9.85 Å². The van der Waals surface area contributed by atoms with Gasteiger partial charge >= 0.3 is 0 Å². The van der Waals surface area contributed by atoms with Crippen molar-refractivity contribution in [2.75, 3.05) is 6.61 Å². The highest BCUT2D eigenvalue weighted by Gasteiger charge is 2.09. The summed E-state index contributed by atoms with van der Waals surface area (Å²) in [5.74, 6) is 0.911. The molecule has 0 aliphatic heterocycles. The molecule has 100 valence electrons. The summed E-state index contributed by atoms with van der Waals surface area (Å²) in [7, 11) is 0. The van der Waals surface area contributed by atoms with E-state index in [1.807, 2.05) is 37.3 Å². The molecule has 3 heteroatoms. The molecular formula is C16H16BrClO. The van der Waals surface area contributed by atoms with E-state index in [1.165, 1.54) is 11.1 Å². The molecule has 0 spiro atoms. The Hall–Kier alpha value is -0.990. The van der Waals surface area contributed by atoms with E-state index in [2.05, 4.69) is 34.1 Å². The lowest BCUT2D eigenvalue weighted by Crippen LogP contribution is -1.96. The number of benzene rings is 2. The Kier molecular flexibility index (Phi) is 5.29. The molecule has 0 aliphatic carbocycles. The van der Waals surface area contributed by atoms with Gasteiger partial charge in [-0.05, 0) is 48.7 Å². The Morgan fingerprint density at radius 3 is 2.53 bits per heavy atom. The first-order chi connectivity index (χ1) is 9.19. The van der Waals surface area contributed by atoms with Crippen molar-refractivity contribution in [1.29, 1.82) is 0 Å². The van der Waals surface area contributed by atoms with Crippen molar-refractivity contribution in [2.45, 2.75) is 18.2 Å². The lowest BCUT2D eigenvalue weighted by molar-refractivity contribution is 0.340. The van der Waals surface area contributed by atoms with E-state index in [4.69, 9.17) is 16.3 Å². The van der Waals surface area contributed by atoms with Crippen LogP contribution in [0.25, 0.3) is 0 Å². The second-order valence-corrected chi connectivity index (χ2v) is 5.85. The normalized spacial score (nSPS) is 12.2. The zero-order chi connectivity index (χ0) is 13.7. The molecular weight excluding hydrogens is 324 g/mol. The maximum Gasteiger partial charge on any atom is 0.119 e. The van der Waals surface area contributed by atoms with Crippen LogP contribution in [0.15, 0.2) is 48.5 Å². The second kappa shape index (κ2) is 6.97. The van der Waals surface area contributed by atoms with Crippen LogP contribution in [0.4, 0.5) is 0 Å². The van der Waals surface area contributed by atoms with Gasteiger partial charge in [0.05, 0.1) is 6.61 Å². The van der Waals surface area contributed by atoms with Crippen LogP contribution in [0.1, 0.15) is 22.9 Å². The van der Waals surface area contributed by atoms with E-state index in [9.17, 15) is 0 Å². The Balaban J connectivity index is 2.05. The number of halogens is 2. The minimum atomic E-state index is 0.279. The predicted molar refractivity (Wildman–Crippen MR) is 84.4 cm³/mol. The monoisotopic (exact) mass is 338 g/mol. The third kappa shape index (κ3) is 4.26. The molecule has 0 heterocycles. The molecule has 0 aromatic heterocycles. The number of hydrogen-bond acceptors (Lipinski definition) is 1. The topological polar surface area (TPSA) is 9.23 Å². The highest BCUT2D eigenvalue weighted by Crippen LogP contribution is 2.29. The van der Waals surface area contributed by atoms with Crippen LogP contribution in [-0.4, -0.2) is 6.61 Å². The first kappa shape index (κ1) is 14.4. The third-order valence-corrected chi connectivity index (χ3v) is 3.94. The smallest absolute Gasteiger partial charge is 0.119 e. The van der Waals surface area contributed by atoms with Gasteiger partial charge in [-0.15, -0.1) is 0 Å². The molecule has 1 nitrogen and oxygen atoms in total. The molecule has 1 atom stereocenters. The largest absolute Gasteiger partial charge is 0.494 e. The van der Waals surface area contributed by atoms with Crippen LogP contribution >= 0.6 is 27.5 Å². The molecule has 1 unspecified atom stereocenters. The minimum absolute atomic E-state index is 0.279. The summed E-state index contributed by atoms with van der Waals surface area (Å²) in [6, 6.07) is 16.2. The van der Waals surface area contributed by atoms with Crippen molar-refractivity contribution in [3.63, 3.8) is 0 Å². The Bertz CT molecular complexity index is 525. The first-order valence-electron chi connectivity index (χ1n) is 6.30. The van der Waals surface area contributed by atoms with Crippen LogP contribution in [-0.2, 0) is 6.42 Å². The van der Waals surface area contributed by atoms with Crippen molar-refractivity contribution in [3.8, 4) is 5.75 Å². The maximum atomic E-state index is 6.00. The molecule has 0 amide bonds. The van der Waals surface area contributed by atoms with Gasteiger partial charge in [-0.1, -0.05) is 51.8 Å². The molecule has 2 aromatic rings. The summed E-state index contributed by atoms with van der Waals surface area (Å²) in [6.45, 7) is 2.68. The number of rotatable bonds is 5. The zero-order valence-corrected chi connectivity index (χ0v) is 13.1. The molecule has 0 aliphatic rings. The van der Waals surface area contributed by atoms with Gasteiger partial charge in [0.2, 0.25) is 0 Å². The van der Waals surface area contributed by atoms with E-state index in [0.29, 0.717) is 6.61 Å². The van der Waals surface area contributed by atoms with E-state index in [0.717, 1.165) is 17.2 Å². The molecule has 0 fully saturated rings. The molecule has 2 aromatic carbocycles. The summed E-state index contributed by atoms with van der Waals surface area (Å²) in [4.78, 5) is 0.279. The van der Waals surface area contributed by atoms with Gasteiger partial charge in [0.25, 0.3) is 0 Å². The Morgan fingerprint density at radius 2 is 1.89 bits per heavy atom. The molecule has 0 bridgehead atoms. The third-order valence-electron chi connectivity index (χ3n) is 2.86. The van der Waals surface area contributed by atoms with Crippen molar-refractivity contribution < 1.29 is 4.74 Å². The van der Waals surface area contributed by atoms with Gasteiger partial charge in [0.1, 0.15) is 5.75 Å². The van der Waals surface area contributed by atoms with E-state index < -0.39 is 0 Å². The fourth-order valence-electron chi connectivity index (χ4n) is 1.93. The number of ether oxygens (including phenoxy) is 1. The second-order valence-electron chi connectivity index (χ2n) is 4.30. The Labute approximate surface area is 127 Å². The molecule has 0 N–H and O–H groups in total. The van der Waals surface area contributed by atoms with Crippen molar-refractivity contribution >= 4 is 27.5 Å². The SMILES string of the molecule is CCOc1ccc(C(Br)Cc2cccc(Cl)c2)cc1. The predicted octanol–water partition coefficient (Wildman–Crippen LogP) is 5.42. The number of hydrogen-bond donors (Lipinski definition) is 0. The standard InChI is InChI=1S/C16H16BrClO/c1-2-19-15-8-6-13(7-9-15)16(17)11-12-4-3-5-14(18)10-12/h3-10,16H,2,11H2,1H3. The molecule has 2 rings (SSSR count). The summed E-state index contributed by atoms with van der Waals surface area (Å²) < 4.78 is 5.44. The Morgan fingerprint density at radius 1 is 1.16 bits per heavy atom. The van der Waals surface area contributed by atoms with Gasteiger partial charge in [-0.25, -0.2) is 0 Å². The highest BCUT2D eigenvalue weighted by molar-refractivity contribution is 9.09. The molecule has 19 heavy (non-hydrogen) atoms. The molecule has 0 radical (unpaired) electrons. The van der Waals surface area contributed by atoms with Crippen LogP contribution < -0.4 is 4.74 Å². The first-order valence-corrected chi connectivity index (χ1v) is 7.59. The average Bonchev–Trinajstić information content (AvgIpc) is 2.40. The van der Waals surface area contributed by atoms with E-state index >= 15 is 0 Å². The zero-order valence-electron chi connectivity index (χ0n) is 10.8. The van der Waals surface area contributed by atoms with Crippen LogP contribution in [0, 0.1) is 0 Å². The lowest BCUT2D eigenvalue weighted by Gasteiger charge is -2.11.